The number of anilines is 2. The number of benzene rings is 1. The number of rotatable bonds is 5. The summed E-state index contributed by atoms with van der Waals surface area (Å²) in [6.45, 7) is 1.61. The number of nitrogens with one attached hydrogen (secondary N) is 1. The molecule has 11 heteroatoms. The largest absolute Gasteiger partial charge is 0.378 e. The molecule has 26 heavy (non-hydrogen) atoms. The van der Waals surface area contributed by atoms with Gasteiger partial charge in [0.25, 0.3) is 0 Å². The Labute approximate surface area is 150 Å². The molecule has 0 aliphatic carbocycles. The van der Waals surface area contributed by atoms with Crippen LogP contribution in [0.15, 0.2) is 12.1 Å². The average Bonchev–Trinajstić information content (AvgIpc) is 2.94. The van der Waals surface area contributed by atoms with Crippen LogP contribution in [0.4, 0.5) is 20.2 Å². The van der Waals surface area contributed by atoms with E-state index < -0.39 is 34.2 Å². The van der Waals surface area contributed by atoms with E-state index in [0.717, 1.165) is 18.4 Å². The van der Waals surface area contributed by atoms with E-state index in [0.29, 0.717) is 26.3 Å². The number of halogens is 2. The number of aliphatic hydroxyl groups is 1. The Morgan fingerprint density at radius 3 is 2.46 bits per heavy atom. The van der Waals surface area contributed by atoms with E-state index in [1.807, 2.05) is 0 Å². The smallest absolute Gasteiger partial charge is 0.238 e. The predicted octanol–water partition coefficient (Wildman–Crippen LogP) is -0.168. The third kappa shape index (κ3) is 4.41. The standard InChI is InChI=1S/C15H21F2N3O5S/c1-26(22,23)18-8-11-9-20(15(21)25-11)10-6-12(16)14(13(17)7-10)19-2-4-24-5-3-19/h6-7,11,15,18,21H,2-5,8-9H2,1H3/t11-,15?/m0/s1. The molecule has 0 bridgehead atoms. The molecule has 8 nitrogen and oxygen atoms in total. The Morgan fingerprint density at radius 2 is 1.88 bits per heavy atom. The van der Waals surface area contributed by atoms with Crippen molar-refractivity contribution < 1.29 is 31.8 Å². The summed E-state index contributed by atoms with van der Waals surface area (Å²) in [4.78, 5) is 2.84. The van der Waals surface area contributed by atoms with Crippen molar-refractivity contribution in [3.05, 3.63) is 23.8 Å². The van der Waals surface area contributed by atoms with Gasteiger partial charge in [-0.25, -0.2) is 21.9 Å². The quantitative estimate of drug-likeness (QED) is 0.718. The number of aliphatic hydroxyl groups excluding tert-OH is 1. The van der Waals surface area contributed by atoms with Gasteiger partial charge in [-0.3, -0.25) is 0 Å². The second-order valence-corrected chi connectivity index (χ2v) is 8.05. The van der Waals surface area contributed by atoms with Crippen molar-refractivity contribution in [3.8, 4) is 0 Å². The SMILES string of the molecule is CS(=O)(=O)NC[C@H]1CN(c2cc(F)c(N3CCOCC3)c(F)c2)C(O)O1. The van der Waals surface area contributed by atoms with Gasteiger partial charge in [-0.05, 0) is 12.1 Å². The van der Waals surface area contributed by atoms with Crippen molar-refractivity contribution in [2.45, 2.75) is 12.5 Å². The highest BCUT2D eigenvalue weighted by Gasteiger charge is 2.33. The van der Waals surface area contributed by atoms with E-state index in [9.17, 15) is 22.3 Å². The maximum atomic E-state index is 14.5. The first kappa shape index (κ1) is 19.2. The van der Waals surface area contributed by atoms with Gasteiger partial charge in [-0.1, -0.05) is 0 Å². The molecule has 0 radical (unpaired) electrons. The third-order valence-electron chi connectivity index (χ3n) is 4.21. The molecule has 0 aromatic heterocycles. The van der Waals surface area contributed by atoms with Gasteiger partial charge in [-0.2, -0.15) is 0 Å². The molecular formula is C15H21F2N3O5S. The van der Waals surface area contributed by atoms with E-state index in [-0.39, 0.29) is 24.5 Å². The molecular weight excluding hydrogens is 372 g/mol. The molecule has 1 aromatic carbocycles. The lowest BCUT2D eigenvalue weighted by molar-refractivity contribution is -0.0862. The first-order chi connectivity index (χ1) is 12.2. The first-order valence-electron chi connectivity index (χ1n) is 8.11. The minimum atomic E-state index is -3.41. The number of sulfonamides is 1. The summed E-state index contributed by atoms with van der Waals surface area (Å²) >= 11 is 0. The molecule has 2 fully saturated rings. The predicted molar refractivity (Wildman–Crippen MR) is 90.5 cm³/mol. The van der Waals surface area contributed by atoms with Crippen LogP contribution in [0.2, 0.25) is 0 Å². The molecule has 2 N–H and O–H groups in total. The minimum absolute atomic E-state index is 0.0524. The molecule has 1 unspecified atom stereocenters. The molecule has 0 saturated carbocycles. The van der Waals surface area contributed by atoms with Gasteiger partial charge in [0.05, 0.1) is 32.1 Å². The minimum Gasteiger partial charge on any atom is -0.378 e. The molecule has 146 valence electrons. The second-order valence-electron chi connectivity index (χ2n) is 6.21. The first-order valence-corrected chi connectivity index (χ1v) is 10.0. The van der Waals surface area contributed by atoms with Gasteiger partial charge in [0, 0.05) is 25.3 Å². The Balaban J connectivity index is 1.75. The number of hydrogen-bond donors (Lipinski definition) is 2. The monoisotopic (exact) mass is 393 g/mol. The van der Waals surface area contributed by atoms with Crippen LogP contribution in [-0.4, -0.2) is 71.7 Å². The maximum absolute atomic E-state index is 14.5. The number of nitrogens with zero attached hydrogens (tertiary/aromatic N) is 2. The molecule has 2 heterocycles. The molecule has 2 atom stereocenters. The fraction of sp³-hybridized carbons (Fsp3) is 0.600. The Bertz CT molecular complexity index is 735. The number of hydrogen-bond acceptors (Lipinski definition) is 7. The van der Waals surface area contributed by atoms with E-state index in [4.69, 9.17) is 9.47 Å². The zero-order valence-electron chi connectivity index (χ0n) is 14.2. The van der Waals surface area contributed by atoms with Crippen LogP contribution in [0.25, 0.3) is 0 Å². The number of morpholine rings is 1. The Kier molecular flexibility index (Phi) is 5.63. The van der Waals surface area contributed by atoms with Crippen molar-refractivity contribution in [3.63, 3.8) is 0 Å². The van der Waals surface area contributed by atoms with Crippen LogP contribution in [-0.2, 0) is 19.5 Å². The lowest BCUT2D eigenvalue weighted by atomic mass is 10.2. The summed E-state index contributed by atoms with van der Waals surface area (Å²) in [6.07, 6.45) is -1.06. The zero-order valence-corrected chi connectivity index (χ0v) is 15.0. The zero-order chi connectivity index (χ0) is 18.9. The summed E-state index contributed by atoms with van der Waals surface area (Å²) in [5.41, 5.74) is -0.00619. The van der Waals surface area contributed by atoms with E-state index in [1.165, 1.54) is 4.90 Å². The van der Waals surface area contributed by atoms with Crippen LogP contribution in [0.5, 0.6) is 0 Å². The molecule has 2 saturated heterocycles. The van der Waals surface area contributed by atoms with Crippen LogP contribution < -0.4 is 14.5 Å². The lowest BCUT2D eigenvalue weighted by Gasteiger charge is -2.30. The van der Waals surface area contributed by atoms with Crippen LogP contribution in [0.3, 0.4) is 0 Å². The van der Waals surface area contributed by atoms with Gasteiger partial charge in [0.1, 0.15) is 5.69 Å². The van der Waals surface area contributed by atoms with Crippen molar-refractivity contribution in [2.24, 2.45) is 0 Å². The molecule has 3 rings (SSSR count). The lowest BCUT2D eigenvalue weighted by Crippen LogP contribution is -2.37. The van der Waals surface area contributed by atoms with Crippen LogP contribution >= 0.6 is 0 Å². The van der Waals surface area contributed by atoms with E-state index in [2.05, 4.69) is 4.72 Å². The van der Waals surface area contributed by atoms with Gasteiger partial charge in [0.2, 0.25) is 16.4 Å². The van der Waals surface area contributed by atoms with Crippen molar-refractivity contribution in [2.75, 3.05) is 55.4 Å². The van der Waals surface area contributed by atoms with Gasteiger partial charge in [0.15, 0.2) is 11.6 Å². The summed E-state index contributed by atoms with van der Waals surface area (Å²) < 4.78 is 64.0. The molecule has 2 aliphatic rings. The second kappa shape index (κ2) is 7.61. The third-order valence-corrected chi connectivity index (χ3v) is 4.91. The van der Waals surface area contributed by atoms with Gasteiger partial charge < -0.3 is 24.4 Å². The fourth-order valence-electron chi connectivity index (χ4n) is 3.00. The molecule has 2 aliphatic heterocycles. The Hall–Kier alpha value is -1.53. The van der Waals surface area contributed by atoms with Crippen molar-refractivity contribution in [1.82, 2.24) is 4.72 Å². The summed E-state index contributed by atoms with van der Waals surface area (Å²) in [5, 5.41) is 10.00. The average molecular weight is 393 g/mol. The summed E-state index contributed by atoms with van der Waals surface area (Å²) in [7, 11) is -3.41. The summed E-state index contributed by atoms with van der Waals surface area (Å²) in [6, 6.07) is 2.26. The maximum Gasteiger partial charge on any atom is 0.238 e. The Morgan fingerprint density at radius 1 is 1.27 bits per heavy atom. The highest BCUT2D eigenvalue weighted by atomic mass is 32.2. The van der Waals surface area contributed by atoms with Gasteiger partial charge in [-0.15, -0.1) is 0 Å². The topological polar surface area (TPSA) is 91.3 Å². The fourth-order valence-corrected chi connectivity index (χ4v) is 3.48. The molecule has 0 amide bonds. The van der Waals surface area contributed by atoms with Crippen LogP contribution in [0.1, 0.15) is 0 Å². The van der Waals surface area contributed by atoms with Gasteiger partial charge >= 0.3 is 0 Å². The van der Waals surface area contributed by atoms with Crippen molar-refractivity contribution in [1.29, 1.82) is 0 Å². The molecule has 0 spiro atoms. The van der Waals surface area contributed by atoms with Crippen LogP contribution in [0, 0.1) is 11.6 Å². The normalized spacial score (nSPS) is 24.3. The highest BCUT2D eigenvalue weighted by Crippen LogP contribution is 2.32. The molecule has 1 aromatic rings. The highest BCUT2D eigenvalue weighted by molar-refractivity contribution is 7.88. The summed E-state index contributed by atoms with van der Waals surface area (Å²) in [5.74, 6) is -1.49. The van der Waals surface area contributed by atoms with E-state index in [1.54, 1.807) is 4.90 Å². The van der Waals surface area contributed by atoms with Crippen molar-refractivity contribution >= 4 is 21.4 Å². The van der Waals surface area contributed by atoms with E-state index >= 15 is 0 Å². The number of ether oxygens (including phenoxy) is 2.